The van der Waals surface area contributed by atoms with Crippen molar-refractivity contribution in [3.63, 3.8) is 0 Å². The number of piperidine rings is 1. The number of sulfonamides is 1. The van der Waals surface area contributed by atoms with Crippen LogP contribution in [0.15, 0.2) is 33.5 Å². The largest absolute Gasteiger partial charge is 0.318 e. The predicted molar refractivity (Wildman–Crippen MR) is 122 cm³/mol. The second-order valence-corrected chi connectivity index (χ2v) is 12.5. The van der Waals surface area contributed by atoms with Crippen molar-refractivity contribution >= 4 is 83.6 Å². The minimum atomic E-state index is -3.68. The lowest BCUT2D eigenvalue weighted by Gasteiger charge is -2.29. The molecule has 1 unspecified atom stereocenters. The number of benzene rings is 1. The minimum Gasteiger partial charge on any atom is -0.318 e. The summed E-state index contributed by atoms with van der Waals surface area (Å²) in [6.07, 6.45) is 1.17. The lowest BCUT2D eigenvalue weighted by atomic mass is 9.99. The number of amides is 1. The molecule has 30 heavy (non-hydrogen) atoms. The molecule has 1 amide bonds. The van der Waals surface area contributed by atoms with Gasteiger partial charge in [0.15, 0.2) is 4.80 Å². The Labute approximate surface area is 196 Å². The van der Waals surface area contributed by atoms with Crippen LogP contribution in [0.2, 0.25) is 14.4 Å². The van der Waals surface area contributed by atoms with E-state index >= 15 is 0 Å². The van der Waals surface area contributed by atoms with Gasteiger partial charge in [-0.3, -0.25) is 4.79 Å². The Kier molecular flexibility index (Phi) is 6.33. The van der Waals surface area contributed by atoms with Crippen molar-refractivity contribution < 1.29 is 13.2 Å². The van der Waals surface area contributed by atoms with Gasteiger partial charge >= 0.3 is 0 Å². The van der Waals surface area contributed by atoms with Crippen molar-refractivity contribution in [2.45, 2.75) is 17.1 Å². The van der Waals surface area contributed by atoms with Crippen molar-refractivity contribution in [1.82, 2.24) is 8.87 Å². The van der Waals surface area contributed by atoms with E-state index in [1.54, 1.807) is 23.7 Å². The molecule has 1 atom stereocenters. The molecule has 0 radical (unpaired) electrons. The molecule has 4 rings (SSSR count). The van der Waals surface area contributed by atoms with Gasteiger partial charge in [-0.15, -0.1) is 11.3 Å². The van der Waals surface area contributed by atoms with Crippen LogP contribution in [0.25, 0.3) is 10.2 Å². The summed E-state index contributed by atoms with van der Waals surface area (Å²) in [7, 11) is -1.91. The first-order valence-electron chi connectivity index (χ1n) is 8.96. The highest BCUT2D eigenvalue weighted by Gasteiger charge is 2.34. The SMILES string of the molecule is Cn1c(=NC(=O)C2CCCN(S(=O)(=O)c3ccc(Cl)s3)C2)sc2ccc(Cl)c(Cl)c21. The smallest absolute Gasteiger partial charge is 0.252 e. The molecule has 1 saturated heterocycles. The maximum atomic E-state index is 12.9. The fourth-order valence-electron chi connectivity index (χ4n) is 3.39. The number of hydrogen-bond acceptors (Lipinski definition) is 5. The molecule has 1 fully saturated rings. The van der Waals surface area contributed by atoms with Crippen LogP contribution in [0.5, 0.6) is 0 Å². The number of carbonyl (C=O) groups is 1. The van der Waals surface area contributed by atoms with Gasteiger partial charge in [-0.1, -0.05) is 46.1 Å². The van der Waals surface area contributed by atoms with E-state index in [-0.39, 0.29) is 16.7 Å². The lowest BCUT2D eigenvalue weighted by Crippen LogP contribution is -2.42. The van der Waals surface area contributed by atoms with Crippen LogP contribution in [0, 0.1) is 5.92 Å². The van der Waals surface area contributed by atoms with E-state index in [2.05, 4.69) is 4.99 Å². The summed E-state index contributed by atoms with van der Waals surface area (Å²) >= 11 is 20.6. The van der Waals surface area contributed by atoms with Crippen LogP contribution in [0.4, 0.5) is 0 Å². The van der Waals surface area contributed by atoms with Gasteiger partial charge in [-0.2, -0.15) is 9.30 Å². The zero-order valence-corrected chi connectivity index (χ0v) is 20.4. The van der Waals surface area contributed by atoms with E-state index in [1.165, 1.54) is 21.7 Å². The summed E-state index contributed by atoms with van der Waals surface area (Å²) in [5.74, 6) is -0.850. The second kappa shape index (κ2) is 8.54. The summed E-state index contributed by atoms with van der Waals surface area (Å²) in [5, 5.41) is 0.837. The van der Waals surface area contributed by atoms with E-state index < -0.39 is 15.9 Å². The molecule has 12 heteroatoms. The number of fused-ring (bicyclic) bond motifs is 1. The summed E-state index contributed by atoms with van der Waals surface area (Å²) in [6, 6.07) is 6.58. The molecule has 3 heterocycles. The molecular weight excluding hydrogens is 509 g/mol. The molecule has 3 aromatic rings. The van der Waals surface area contributed by atoms with E-state index in [9.17, 15) is 13.2 Å². The number of aryl methyl sites for hydroxylation is 1. The van der Waals surface area contributed by atoms with Gasteiger partial charge in [0.05, 0.1) is 30.5 Å². The average Bonchev–Trinajstić information content (AvgIpc) is 3.29. The van der Waals surface area contributed by atoms with Crippen molar-refractivity contribution in [3.05, 3.63) is 43.4 Å². The third kappa shape index (κ3) is 4.09. The van der Waals surface area contributed by atoms with Gasteiger partial charge < -0.3 is 4.57 Å². The topological polar surface area (TPSA) is 71.7 Å². The Balaban J connectivity index is 1.62. The Morgan fingerprint density at radius 2 is 1.93 bits per heavy atom. The van der Waals surface area contributed by atoms with Crippen molar-refractivity contribution in [2.24, 2.45) is 18.0 Å². The summed E-state index contributed by atoms with van der Waals surface area (Å²) in [5.41, 5.74) is 0.711. The molecule has 1 aliphatic rings. The molecular formula is C18H16Cl3N3O3S3. The van der Waals surface area contributed by atoms with Crippen molar-refractivity contribution in [1.29, 1.82) is 0 Å². The van der Waals surface area contributed by atoms with E-state index in [0.29, 0.717) is 44.1 Å². The number of aromatic nitrogens is 1. The van der Waals surface area contributed by atoms with Crippen LogP contribution in [-0.4, -0.2) is 36.3 Å². The zero-order valence-electron chi connectivity index (χ0n) is 15.6. The fourth-order valence-corrected chi connectivity index (χ4v) is 8.08. The number of halogens is 3. The van der Waals surface area contributed by atoms with E-state index in [1.807, 2.05) is 6.07 Å². The predicted octanol–water partition coefficient (Wildman–Crippen LogP) is 4.79. The third-order valence-corrected chi connectivity index (χ3v) is 10.4. The Bertz CT molecular complexity index is 1310. The highest BCUT2D eigenvalue weighted by atomic mass is 35.5. The Morgan fingerprint density at radius 1 is 1.17 bits per heavy atom. The maximum Gasteiger partial charge on any atom is 0.252 e. The van der Waals surface area contributed by atoms with Gasteiger partial charge in [-0.05, 0) is 37.1 Å². The molecule has 0 bridgehead atoms. The van der Waals surface area contributed by atoms with Crippen molar-refractivity contribution in [3.8, 4) is 0 Å². The highest BCUT2D eigenvalue weighted by Crippen LogP contribution is 2.32. The number of thiazole rings is 1. The molecule has 0 aliphatic carbocycles. The van der Waals surface area contributed by atoms with Crippen LogP contribution >= 0.6 is 57.5 Å². The molecule has 1 aromatic carbocycles. The highest BCUT2D eigenvalue weighted by molar-refractivity contribution is 7.91. The zero-order chi connectivity index (χ0) is 21.6. The van der Waals surface area contributed by atoms with Gasteiger partial charge in [0.2, 0.25) is 0 Å². The van der Waals surface area contributed by atoms with Crippen LogP contribution in [-0.2, 0) is 21.9 Å². The Morgan fingerprint density at radius 3 is 2.63 bits per heavy atom. The standard InChI is InChI=1S/C18H16Cl3N3O3S3/c1-23-16-12(5-4-11(19)15(16)21)28-18(23)22-17(25)10-3-2-8-24(9-10)30(26,27)14-7-6-13(20)29-14/h4-7,10H,2-3,8-9H2,1H3. The molecule has 0 saturated carbocycles. The first kappa shape index (κ1) is 22.3. The molecule has 160 valence electrons. The third-order valence-electron chi connectivity index (χ3n) is 4.94. The molecule has 0 spiro atoms. The fraction of sp³-hybridized carbons (Fsp3) is 0.333. The number of rotatable bonds is 3. The van der Waals surface area contributed by atoms with Gasteiger partial charge in [-0.25, -0.2) is 8.42 Å². The number of hydrogen-bond donors (Lipinski definition) is 0. The maximum absolute atomic E-state index is 12.9. The number of thiophene rings is 1. The van der Waals surface area contributed by atoms with Gasteiger partial charge in [0, 0.05) is 20.1 Å². The molecule has 0 N–H and O–H groups in total. The van der Waals surface area contributed by atoms with E-state index in [4.69, 9.17) is 34.8 Å². The van der Waals surface area contributed by atoms with Crippen LogP contribution in [0.3, 0.4) is 0 Å². The minimum absolute atomic E-state index is 0.0986. The normalized spacial score (nSPS) is 18.9. The van der Waals surface area contributed by atoms with Gasteiger partial charge in [0.25, 0.3) is 15.9 Å². The molecule has 6 nitrogen and oxygen atoms in total. The monoisotopic (exact) mass is 523 g/mol. The molecule has 1 aliphatic heterocycles. The van der Waals surface area contributed by atoms with Crippen LogP contribution in [0.1, 0.15) is 12.8 Å². The van der Waals surface area contributed by atoms with Crippen LogP contribution < -0.4 is 4.80 Å². The summed E-state index contributed by atoms with van der Waals surface area (Å²) < 4.78 is 30.3. The lowest BCUT2D eigenvalue weighted by molar-refractivity contribution is -0.122. The van der Waals surface area contributed by atoms with Crippen molar-refractivity contribution in [2.75, 3.05) is 13.1 Å². The van der Waals surface area contributed by atoms with E-state index in [0.717, 1.165) is 16.0 Å². The van der Waals surface area contributed by atoms with Gasteiger partial charge in [0.1, 0.15) is 4.21 Å². The quantitative estimate of drug-likeness (QED) is 0.494. The molecule has 2 aromatic heterocycles. The number of nitrogens with zero attached hydrogens (tertiary/aromatic N) is 3. The first-order valence-corrected chi connectivity index (χ1v) is 13.2. The average molecular weight is 525 g/mol. The summed E-state index contributed by atoms with van der Waals surface area (Å²) in [4.78, 5) is 17.7. The summed E-state index contributed by atoms with van der Waals surface area (Å²) in [6.45, 7) is 0.466. The Hall–Kier alpha value is -0.940. The second-order valence-electron chi connectivity index (χ2n) is 6.86. The number of carbonyl (C=O) groups excluding carboxylic acids is 1. The first-order chi connectivity index (χ1) is 14.2.